The van der Waals surface area contributed by atoms with Crippen molar-refractivity contribution in [1.82, 2.24) is 30.2 Å². The topological polar surface area (TPSA) is 98.2 Å². The van der Waals surface area contributed by atoms with Gasteiger partial charge in [-0.25, -0.2) is 15.0 Å². The van der Waals surface area contributed by atoms with E-state index in [2.05, 4.69) is 44.3 Å². The molecule has 0 radical (unpaired) electrons. The number of fused-ring (bicyclic) bond motifs is 1. The number of anilines is 1. The van der Waals surface area contributed by atoms with Gasteiger partial charge in [0, 0.05) is 25.1 Å². The van der Waals surface area contributed by atoms with Crippen LogP contribution in [0.3, 0.4) is 0 Å². The molecule has 2 aromatic heterocycles. The van der Waals surface area contributed by atoms with Crippen molar-refractivity contribution in [3.63, 3.8) is 0 Å². The zero-order chi connectivity index (χ0) is 24.9. The van der Waals surface area contributed by atoms with Crippen LogP contribution in [0.1, 0.15) is 50.9 Å². The van der Waals surface area contributed by atoms with Gasteiger partial charge < -0.3 is 30.0 Å². The Kier molecular flexibility index (Phi) is 11.0. The van der Waals surface area contributed by atoms with E-state index < -0.39 is 0 Å². The molecule has 0 bridgehead atoms. The summed E-state index contributed by atoms with van der Waals surface area (Å²) in [6.45, 7) is 10.0. The van der Waals surface area contributed by atoms with E-state index in [-0.39, 0.29) is 0 Å². The molecule has 0 atom stereocenters. The number of benzene rings is 1. The number of methoxy groups -OCH3 is 2. The molecule has 0 spiro atoms. The first-order valence-corrected chi connectivity index (χ1v) is 12.8. The van der Waals surface area contributed by atoms with Gasteiger partial charge in [-0.1, -0.05) is 13.8 Å². The Labute approximate surface area is 209 Å². The van der Waals surface area contributed by atoms with Crippen molar-refractivity contribution in [2.75, 3.05) is 52.3 Å². The van der Waals surface area contributed by atoms with Gasteiger partial charge in [-0.3, -0.25) is 0 Å². The molecule has 0 amide bonds. The number of nitrogens with zero attached hydrogens (tertiary/aromatic N) is 4. The number of hydrogen-bond donors (Lipinski definition) is 3. The summed E-state index contributed by atoms with van der Waals surface area (Å²) in [6.07, 6.45) is 6.57. The normalized spacial score (nSPS) is 11.2. The molecule has 35 heavy (non-hydrogen) atoms. The van der Waals surface area contributed by atoms with Gasteiger partial charge in [0.05, 0.1) is 14.2 Å². The smallest absolute Gasteiger partial charge is 0.165 e. The zero-order valence-electron chi connectivity index (χ0n) is 21.7. The number of imidazole rings is 1. The fourth-order valence-corrected chi connectivity index (χ4v) is 4.13. The van der Waals surface area contributed by atoms with Crippen molar-refractivity contribution in [2.24, 2.45) is 0 Å². The Hall–Kier alpha value is -2.91. The molecule has 0 saturated carbocycles. The second-order valence-electron chi connectivity index (χ2n) is 8.48. The number of rotatable bonds is 17. The molecule has 3 N–H and O–H groups in total. The molecule has 0 fully saturated rings. The highest BCUT2D eigenvalue weighted by molar-refractivity contribution is 5.83. The molecule has 9 nitrogen and oxygen atoms in total. The Balaban J connectivity index is 1.86. The first-order valence-electron chi connectivity index (χ1n) is 12.8. The number of aryl methyl sites for hydroxylation is 1. The van der Waals surface area contributed by atoms with E-state index in [4.69, 9.17) is 14.5 Å². The van der Waals surface area contributed by atoms with E-state index in [1.165, 1.54) is 0 Å². The SMILES string of the molecule is CCNCCCCNc1ncnc2c1nc(Cc1cc(OC)ccc1OC)n2CCCCNCC. The van der Waals surface area contributed by atoms with E-state index in [1.54, 1.807) is 20.5 Å². The van der Waals surface area contributed by atoms with Gasteiger partial charge in [0.15, 0.2) is 17.0 Å². The van der Waals surface area contributed by atoms with Crippen LogP contribution in [0.4, 0.5) is 5.82 Å². The second-order valence-corrected chi connectivity index (χ2v) is 8.48. The van der Waals surface area contributed by atoms with Crippen LogP contribution in [0, 0.1) is 0 Å². The van der Waals surface area contributed by atoms with E-state index in [9.17, 15) is 0 Å². The second kappa shape index (κ2) is 14.5. The van der Waals surface area contributed by atoms with E-state index in [0.29, 0.717) is 6.42 Å². The highest BCUT2D eigenvalue weighted by Gasteiger charge is 2.18. The third-order valence-corrected chi connectivity index (χ3v) is 6.01. The third-order valence-electron chi connectivity index (χ3n) is 6.01. The quantitative estimate of drug-likeness (QED) is 0.251. The van der Waals surface area contributed by atoms with Crippen molar-refractivity contribution < 1.29 is 9.47 Å². The Morgan fingerprint density at radius 3 is 2.34 bits per heavy atom. The van der Waals surface area contributed by atoms with Gasteiger partial charge in [-0.15, -0.1) is 0 Å². The third kappa shape index (κ3) is 7.53. The van der Waals surface area contributed by atoms with Crippen molar-refractivity contribution >= 4 is 17.0 Å². The summed E-state index contributed by atoms with van der Waals surface area (Å²) in [6, 6.07) is 5.87. The Morgan fingerprint density at radius 2 is 1.63 bits per heavy atom. The van der Waals surface area contributed by atoms with Crippen molar-refractivity contribution in [3.05, 3.63) is 35.9 Å². The van der Waals surface area contributed by atoms with Crippen LogP contribution in [-0.2, 0) is 13.0 Å². The van der Waals surface area contributed by atoms with Gasteiger partial charge in [0.2, 0.25) is 0 Å². The average molecular weight is 484 g/mol. The Morgan fingerprint density at radius 1 is 0.886 bits per heavy atom. The number of nitrogens with one attached hydrogen (secondary N) is 3. The average Bonchev–Trinajstić information content (AvgIpc) is 3.23. The zero-order valence-corrected chi connectivity index (χ0v) is 21.7. The van der Waals surface area contributed by atoms with E-state index in [0.717, 1.165) is 105 Å². The molecule has 0 aliphatic heterocycles. The molecular formula is C26H41N7O2. The summed E-state index contributed by atoms with van der Waals surface area (Å²) < 4.78 is 13.3. The molecule has 3 rings (SSSR count). The molecule has 2 heterocycles. The van der Waals surface area contributed by atoms with Crippen LogP contribution >= 0.6 is 0 Å². The molecule has 9 heteroatoms. The molecule has 192 valence electrons. The highest BCUT2D eigenvalue weighted by atomic mass is 16.5. The maximum absolute atomic E-state index is 5.63. The maximum atomic E-state index is 5.63. The number of hydrogen-bond acceptors (Lipinski definition) is 8. The molecule has 1 aromatic carbocycles. The lowest BCUT2D eigenvalue weighted by molar-refractivity contribution is 0.399. The van der Waals surface area contributed by atoms with Crippen molar-refractivity contribution in [2.45, 2.75) is 52.5 Å². The van der Waals surface area contributed by atoms with Gasteiger partial charge in [-0.2, -0.15) is 0 Å². The van der Waals surface area contributed by atoms with Crippen LogP contribution < -0.4 is 25.4 Å². The molecule has 0 aliphatic rings. The summed E-state index contributed by atoms with van der Waals surface area (Å²) in [5.74, 6) is 3.37. The van der Waals surface area contributed by atoms with Crippen LogP contribution in [-0.4, -0.2) is 66.5 Å². The molecule has 0 unspecified atom stereocenters. The maximum Gasteiger partial charge on any atom is 0.165 e. The number of unbranched alkanes of at least 4 members (excludes halogenated alkanes) is 2. The van der Waals surface area contributed by atoms with Gasteiger partial charge in [0.1, 0.15) is 23.7 Å². The Bertz CT molecular complexity index is 1040. The molecule has 0 saturated heterocycles. The molecule has 0 aliphatic carbocycles. The molecule has 3 aromatic rings. The van der Waals surface area contributed by atoms with E-state index in [1.807, 2.05) is 18.2 Å². The summed E-state index contributed by atoms with van der Waals surface area (Å²) in [5, 5.41) is 10.3. The van der Waals surface area contributed by atoms with Gasteiger partial charge in [-0.05, 0) is 70.1 Å². The first-order chi connectivity index (χ1) is 17.2. The minimum absolute atomic E-state index is 0.617. The fraction of sp³-hybridized carbons (Fsp3) is 0.577. The van der Waals surface area contributed by atoms with Crippen LogP contribution in [0.25, 0.3) is 11.2 Å². The van der Waals surface area contributed by atoms with E-state index >= 15 is 0 Å². The minimum Gasteiger partial charge on any atom is -0.497 e. The lowest BCUT2D eigenvalue weighted by atomic mass is 10.1. The predicted octanol–water partition coefficient (Wildman–Crippen LogP) is 3.63. The predicted molar refractivity (Wildman–Crippen MR) is 142 cm³/mol. The standard InChI is InChI=1S/C26H41N7O2/c1-5-27-13-7-8-15-29-25-24-26(31-19-30-25)33(16-10-9-14-28-6-2)23(32-24)18-20-17-21(34-3)11-12-22(20)35-4/h11-12,17,19,27-28H,5-10,13-16,18H2,1-4H3,(H,29,30,31). The fourth-order valence-electron chi connectivity index (χ4n) is 4.13. The van der Waals surface area contributed by atoms with Crippen LogP contribution in [0.5, 0.6) is 11.5 Å². The summed E-state index contributed by atoms with van der Waals surface area (Å²) in [4.78, 5) is 14.2. The van der Waals surface area contributed by atoms with Crippen LogP contribution in [0.2, 0.25) is 0 Å². The van der Waals surface area contributed by atoms with Gasteiger partial charge in [0.25, 0.3) is 0 Å². The van der Waals surface area contributed by atoms with Gasteiger partial charge >= 0.3 is 0 Å². The first kappa shape index (κ1) is 26.7. The van der Waals surface area contributed by atoms with Crippen LogP contribution in [0.15, 0.2) is 24.5 Å². The summed E-state index contributed by atoms with van der Waals surface area (Å²) in [7, 11) is 3.37. The number of aromatic nitrogens is 4. The lowest BCUT2D eigenvalue weighted by Crippen LogP contribution is -2.15. The summed E-state index contributed by atoms with van der Waals surface area (Å²) >= 11 is 0. The summed E-state index contributed by atoms with van der Waals surface area (Å²) in [5.41, 5.74) is 2.72. The largest absolute Gasteiger partial charge is 0.497 e. The van der Waals surface area contributed by atoms with Crippen molar-refractivity contribution in [1.29, 1.82) is 0 Å². The molecular weight excluding hydrogens is 442 g/mol. The lowest BCUT2D eigenvalue weighted by Gasteiger charge is -2.12. The van der Waals surface area contributed by atoms with Crippen molar-refractivity contribution in [3.8, 4) is 11.5 Å². The minimum atomic E-state index is 0.617. The monoisotopic (exact) mass is 483 g/mol. The number of ether oxygens (including phenoxy) is 2. The highest BCUT2D eigenvalue weighted by Crippen LogP contribution is 2.28.